The fourth-order valence-corrected chi connectivity index (χ4v) is 2.36. The summed E-state index contributed by atoms with van der Waals surface area (Å²) in [7, 11) is 0. The third-order valence-corrected chi connectivity index (χ3v) is 3.92. The summed E-state index contributed by atoms with van der Waals surface area (Å²) in [5.74, 6) is 1.30. The highest BCUT2D eigenvalue weighted by Crippen LogP contribution is 2.26. The molecule has 7 heteroatoms. The maximum absolute atomic E-state index is 4.55. The van der Waals surface area contributed by atoms with E-state index in [0.29, 0.717) is 23.3 Å². The van der Waals surface area contributed by atoms with Crippen LogP contribution in [-0.2, 0) is 0 Å². The van der Waals surface area contributed by atoms with E-state index in [-0.39, 0.29) is 0 Å². The quantitative estimate of drug-likeness (QED) is 0.744. The predicted octanol–water partition coefficient (Wildman–Crippen LogP) is 3.50. The van der Waals surface area contributed by atoms with Crippen LogP contribution < -0.4 is 10.6 Å². The van der Waals surface area contributed by atoms with Crippen LogP contribution in [0.2, 0.25) is 0 Å². The van der Waals surface area contributed by atoms with Crippen LogP contribution in [0.15, 0.2) is 41.3 Å². The number of halogens is 1. The minimum absolute atomic E-state index is 0.505. The Morgan fingerprint density at radius 2 is 1.86 bits per heavy atom. The second-order valence-electron chi connectivity index (χ2n) is 5.20. The number of fused-ring (bicyclic) bond motifs is 1. The molecule has 0 bridgehead atoms. The maximum atomic E-state index is 4.55. The van der Waals surface area contributed by atoms with Crippen LogP contribution in [0.5, 0.6) is 0 Å². The first-order chi connectivity index (χ1) is 10.8. The predicted molar refractivity (Wildman–Crippen MR) is 89.2 cm³/mol. The van der Waals surface area contributed by atoms with Crippen molar-refractivity contribution in [1.29, 1.82) is 0 Å². The van der Waals surface area contributed by atoms with Crippen LogP contribution in [0.4, 0.5) is 17.5 Å². The van der Waals surface area contributed by atoms with E-state index in [1.54, 1.807) is 6.20 Å². The average Bonchev–Trinajstić information content (AvgIpc) is 3.34. The summed E-state index contributed by atoms with van der Waals surface area (Å²) < 4.78 is 1.03. The molecule has 0 amide bonds. The fraction of sp³-hybridized carbons (Fsp3) is 0.200. The van der Waals surface area contributed by atoms with Gasteiger partial charge in [-0.2, -0.15) is 0 Å². The van der Waals surface area contributed by atoms with Gasteiger partial charge in [-0.1, -0.05) is 15.9 Å². The molecule has 1 aromatic carbocycles. The Labute approximate surface area is 135 Å². The Morgan fingerprint density at radius 1 is 1.05 bits per heavy atom. The average molecular weight is 357 g/mol. The third kappa shape index (κ3) is 2.85. The van der Waals surface area contributed by atoms with Crippen LogP contribution in [0.25, 0.3) is 11.0 Å². The molecule has 0 saturated heterocycles. The molecule has 0 spiro atoms. The molecule has 1 aliphatic rings. The first-order valence-corrected chi connectivity index (χ1v) is 7.84. The summed E-state index contributed by atoms with van der Waals surface area (Å²) in [6.07, 6.45) is 5.59. The Morgan fingerprint density at radius 3 is 2.64 bits per heavy atom. The summed E-state index contributed by atoms with van der Waals surface area (Å²) in [4.78, 5) is 17.4. The van der Waals surface area contributed by atoms with E-state index in [4.69, 9.17) is 0 Å². The highest BCUT2D eigenvalue weighted by molar-refractivity contribution is 9.10. The second-order valence-corrected chi connectivity index (χ2v) is 6.12. The van der Waals surface area contributed by atoms with Gasteiger partial charge in [0.05, 0.1) is 6.20 Å². The molecule has 1 aliphatic carbocycles. The Kier molecular flexibility index (Phi) is 3.34. The third-order valence-electron chi connectivity index (χ3n) is 3.39. The van der Waals surface area contributed by atoms with Crippen molar-refractivity contribution in [2.75, 3.05) is 10.6 Å². The van der Waals surface area contributed by atoms with E-state index in [0.717, 1.165) is 15.7 Å². The van der Waals surface area contributed by atoms with E-state index >= 15 is 0 Å². The molecule has 3 aromatic rings. The van der Waals surface area contributed by atoms with Gasteiger partial charge >= 0.3 is 0 Å². The summed E-state index contributed by atoms with van der Waals surface area (Å²) >= 11 is 3.43. The van der Waals surface area contributed by atoms with Gasteiger partial charge in [0, 0.05) is 16.2 Å². The molecule has 1 saturated carbocycles. The van der Waals surface area contributed by atoms with Crippen molar-refractivity contribution in [3.63, 3.8) is 0 Å². The van der Waals surface area contributed by atoms with Crippen LogP contribution in [0, 0.1) is 0 Å². The lowest BCUT2D eigenvalue weighted by molar-refractivity contribution is 1.06. The normalized spacial score (nSPS) is 14.0. The first-order valence-electron chi connectivity index (χ1n) is 7.05. The molecule has 4 rings (SSSR count). The summed E-state index contributed by atoms with van der Waals surface area (Å²) in [5.41, 5.74) is 2.37. The van der Waals surface area contributed by atoms with Crippen molar-refractivity contribution in [2.45, 2.75) is 18.9 Å². The van der Waals surface area contributed by atoms with E-state index in [1.807, 2.05) is 24.3 Å². The van der Waals surface area contributed by atoms with E-state index in [1.165, 1.54) is 19.2 Å². The topological polar surface area (TPSA) is 75.6 Å². The number of hydrogen-bond acceptors (Lipinski definition) is 6. The van der Waals surface area contributed by atoms with Crippen LogP contribution in [0.3, 0.4) is 0 Å². The summed E-state index contributed by atoms with van der Waals surface area (Å²) in [6.45, 7) is 0. The molecular weight excluding hydrogens is 344 g/mol. The van der Waals surface area contributed by atoms with Crippen molar-refractivity contribution in [2.24, 2.45) is 0 Å². The molecule has 0 unspecified atom stereocenters. The highest BCUT2D eigenvalue weighted by Gasteiger charge is 2.22. The smallest absolute Gasteiger partial charge is 0.223 e. The van der Waals surface area contributed by atoms with Gasteiger partial charge in [0.25, 0.3) is 0 Å². The van der Waals surface area contributed by atoms with E-state index < -0.39 is 0 Å². The van der Waals surface area contributed by atoms with Gasteiger partial charge in [0.2, 0.25) is 5.95 Å². The number of anilines is 3. The minimum Gasteiger partial charge on any atom is -0.351 e. The number of aromatic nitrogens is 4. The zero-order valence-corrected chi connectivity index (χ0v) is 13.2. The SMILES string of the molecule is Brc1ccc(Nc2ncnc3cnc(NC4CC4)nc23)cc1. The van der Waals surface area contributed by atoms with Gasteiger partial charge in [-0.3, -0.25) is 0 Å². The number of rotatable bonds is 4. The Hall–Kier alpha value is -2.28. The molecule has 2 heterocycles. The number of benzene rings is 1. The van der Waals surface area contributed by atoms with Gasteiger partial charge < -0.3 is 10.6 Å². The van der Waals surface area contributed by atoms with Crippen molar-refractivity contribution in [3.8, 4) is 0 Å². The molecule has 2 aromatic heterocycles. The standard InChI is InChI=1S/C15H13BrN6/c16-9-1-3-10(4-2-9)20-14-13-12(18-8-19-14)7-17-15(22-13)21-11-5-6-11/h1-4,7-8,11H,5-6H2,(H,17,21,22)(H,18,19,20). The molecule has 1 fully saturated rings. The molecular formula is C15H13BrN6. The first kappa shape index (κ1) is 13.4. The largest absolute Gasteiger partial charge is 0.351 e. The van der Waals surface area contributed by atoms with Gasteiger partial charge in [-0.05, 0) is 37.1 Å². The molecule has 6 nitrogen and oxygen atoms in total. The van der Waals surface area contributed by atoms with Crippen molar-refractivity contribution < 1.29 is 0 Å². The van der Waals surface area contributed by atoms with Crippen LogP contribution >= 0.6 is 15.9 Å². The lowest BCUT2D eigenvalue weighted by Crippen LogP contribution is -2.06. The molecule has 110 valence electrons. The number of nitrogens with zero attached hydrogens (tertiary/aromatic N) is 4. The Balaban J connectivity index is 1.70. The highest BCUT2D eigenvalue weighted by atomic mass is 79.9. The lowest BCUT2D eigenvalue weighted by Gasteiger charge is -2.09. The van der Waals surface area contributed by atoms with E-state index in [9.17, 15) is 0 Å². The van der Waals surface area contributed by atoms with Crippen molar-refractivity contribution in [3.05, 3.63) is 41.3 Å². The van der Waals surface area contributed by atoms with Gasteiger partial charge in [0.1, 0.15) is 17.4 Å². The zero-order chi connectivity index (χ0) is 14.9. The monoisotopic (exact) mass is 356 g/mol. The van der Waals surface area contributed by atoms with Gasteiger partial charge in [-0.15, -0.1) is 0 Å². The Bertz CT molecular complexity index is 816. The molecule has 2 N–H and O–H groups in total. The van der Waals surface area contributed by atoms with Crippen LogP contribution in [0.1, 0.15) is 12.8 Å². The second kappa shape index (κ2) is 5.49. The molecule has 22 heavy (non-hydrogen) atoms. The van der Waals surface area contributed by atoms with Crippen molar-refractivity contribution >= 4 is 44.4 Å². The number of nitrogens with one attached hydrogen (secondary N) is 2. The maximum Gasteiger partial charge on any atom is 0.223 e. The van der Waals surface area contributed by atoms with Crippen molar-refractivity contribution in [1.82, 2.24) is 19.9 Å². The van der Waals surface area contributed by atoms with Gasteiger partial charge in [0.15, 0.2) is 5.82 Å². The van der Waals surface area contributed by atoms with Crippen LogP contribution in [-0.4, -0.2) is 26.0 Å². The molecule has 0 aliphatic heterocycles. The molecule has 0 atom stereocenters. The molecule has 0 radical (unpaired) electrons. The fourth-order valence-electron chi connectivity index (χ4n) is 2.10. The lowest BCUT2D eigenvalue weighted by atomic mass is 10.3. The zero-order valence-electron chi connectivity index (χ0n) is 11.6. The summed E-state index contributed by atoms with van der Waals surface area (Å²) in [5, 5.41) is 6.58. The van der Waals surface area contributed by atoms with Gasteiger partial charge in [-0.25, -0.2) is 19.9 Å². The minimum atomic E-state index is 0.505. The number of hydrogen-bond donors (Lipinski definition) is 2. The summed E-state index contributed by atoms with van der Waals surface area (Å²) in [6, 6.07) is 8.40. The van der Waals surface area contributed by atoms with E-state index in [2.05, 4.69) is 46.5 Å².